The molecule has 1 aromatic rings. The number of rotatable bonds is 4. The summed E-state index contributed by atoms with van der Waals surface area (Å²) in [6.07, 6.45) is 1.09. The number of likely N-dealkylation sites (tertiary alicyclic amines) is 1. The summed E-state index contributed by atoms with van der Waals surface area (Å²) in [4.78, 5) is 18.6. The third kappa shape index (κ3) is 3.42. The zero-order chi connectivity index (χ0) is 14.7. The van der Waals surface area contributed by atoms with Gasteiger partial charge in [0.15, 0.2) is 0 Å². The summed E-state index contributed by atoms with van der Waals surface area (Å²) >= 11 is 5.99. The first-order valence-electron chi connectivity index (χ1n) is 7.22. The third-order valence-electron chi connectivity index (χ3n) is 3.85. The molecule has 0 aromatic carbocycles. The fourth-order valence-corrected chi connectivity index (χ4v) is 2.80. The predicted octanol–water partition coefficient (Wildman–Crippen LogP) is 3.28. The third-order valence-corrected chi connectivity index (χ3v) is 4.05. The Morgan fingerprint density at radius 2 is 2.30 bits per heavy atom. The topological polar surface area (TPSA) is 45.2 Å². The molecule has 4 nitrogen and oxygen atoms in total. The van der Waals surface area contributed by atoms with Crippen LogP contribution >= 0.6 is 11.6 Å². The first kappa shape index (κ1) is 15.1. The minimum Gasteiger partial charge on any atom is -0.370 e. The van der Waals surface area contributed by atoms with Crippen LogP contribution in [0.5, 0.6) is 0 Å². The molecule has 1 N–H and O–H groups in total. The molecule has 0 saturated carbocycles. The van der Waals surface area contributed by atoms with Crippen LogP contribution in [0.3, 0.4) is 0 Å². The van der Waals surface area contributed by atoms with E-state index in [2.05, 4.69) is 24.1 Å². The number of hydrogen-bond acceptors (Lipinski definition) is 3. The van der Waals surface area contributed by atoms with Gasteiger partial charge in [-0.3, -0.25) is 4.79 Å². The van der Waals surface area contributed by atoms with Crippen molar-refractivity contribution in [1.82, 2.24) is 9.88 Å². The van der Waals surface area contributed by atoms with E-state index in [4.69, 9.17) is 11.6 Å². The van der Waals surface area contributed by atoms with Gasteiger partial charge in [-0.25, -0.2) is 4.98 Å². The van der Waals surface area contributed by atoms with Crippen LogP contribution < -0.4 is 5.32 Å². The Labute approximate surface area is 125 Å². The van der Waals surface area contributed by atoms with Crippen LogP contribution in [0.1, 0.15) is 37.6 Å². The largest absolute Gasteiger partial charge is 0.370 e. The van der Waals surface area contributed by atoms with Crippen molar-refractivity contribution >= 4 is 23.3 Å². The number of anilines is 1. The second-order valence-corrected chi connectivity index (χ2v) is 6.03. The molecule has 1 aliphatic rings. The van der Waals surface area contributed by atoms with Gasteiger partial charge in [0, 0.05) is 25.2 Å². The lowest BCUT2D eigenvalue weighted by atomic mass is 9.95. The monoisotopic (exact) mass is 295 g/mol. The second-order valence-electron chi connectivity index (χ2n) is 5.64. The summed E-state index contributed by atoms with van der Waals surface area (Å²) < 4.78 is 0. The van der Waals surface area contributed by atoms with Gasteiger partial charge in [0.2, 0.25) is 0 Å². The summed E-state index contributed by atoms with van der Waals surface area (Å²) in [5, 5.41) is 3.45. The van der Waals surface area contributed by atoms with Gasteiger partial charge < -0.3 is 10.2 Å². The Hall–Kier alpha value is -1.29. The van der Waals surface area contributed by atoms with Gasteiger partial charge in [0.05, 0.1) is 0 Å². The molecule has 0 spiro atoms. The molecule has 1 unspecified atom stereocenters. The minimum atomic E-state index is 0.0524. The van der Waals surface area contributed by atoms with Crippen LogP contribution in [0, 0.1) is 11.8 Å². The molecule has 20 heavy (non-hydrogen) atoms. The number of nitrogens with one attached hydrogen (secondary N) is 1. The van der Waals surface area contributed by atoms with Crippen LogP contribution in [0.15, 0.2) is 12.1 Å². The molecule has 2 rings (SSSR count). The number of hydrogen-bond donors (Lipinski definition) is 1. The van der Waals surface area contributed by atoms with Gasteiger partial charge in [0.25, 0.3) is 5.91 Å². The van der Waals surface area contributed by atoms with Crippen molar-refractivity contribution in [3.05, 3.63) is 22.8 Å². The normalized spacial score (nSPS) is 18.6. The highest BCUT2D eigenvalue weighted by atomic mass is 35.5. The summed E-state index contributed by atoms with van der Waals surface area (Å²) in [5.74, 6) is 1.93. The first-order valence-corrected chi connectivity index (χ1v) is 7.59. The Morgan fingerprint density at radius 3 is 2.90 bits per heavy atom. The van der Waals surface area contributed by atoms with Crippen molar-refractivity contribution in [2.45, 2.75) is 27.2 Å². The number of carbonyl (C=O) groups is 1. The summed E-state index contributed by atoms with van der Waals surface area (Å²) in [6, 6.07) is 3.42. The predicted molar refractivity (Wildman–Crippen MR) is 82.3 cm³/mol. The van der Waals surface area contributed by atoms with E-state index in [9.17, 15) is 4.79 Å². The van der Waals surface area contributed by atoms with E-state index in [-0.39, 0.29) is 5.91 Å². The van der Waals surface area contributed by atoms with Crippen molar-refractivity contribution < 1.29 is 4.79 Å². The summed E-state index contributed by atoms with van der Waals surface area (Å²) in [7, 11) is 0. The van der Waals surface area contributed by atoms with Gasteiger partial charge in [-0.1, -0.05) is 25.4 Å². The maximum Gasteiger partial charge on any atom is 0.254 e. The summed E-state index contributed by atoms with van der Waals surface area (Å²) in [5.41, 5.74) is 0.616. The summed E-state index contributed by atoms with van der Waals surface area (Å²) in [6.45, 7) is 8.83. The smallest absolute Gasteiger partial charge is 0.254 e. The highest BCUT2D eigenvalue weighted by molar-refractivity contribution is 6.29. The fraction of sp³-hybridized carbons (Fsp3) is 0.600. The second kappa shape index (κ2) is 6.44. The van der Waals surface area contributed by atoms with Crippen LogP contribution in [0.4, 0.5) is 5.82 Å². The highest BCUT2D eigenvalue weighted by Crippen LogP contribution is 2.25. The Kier molecular flexibility index (Phi) is 4.86. The molecule has 1 fully saturated rings. The van der Waals surface area contributed by atoms with Crippen molar-refractivity contribution in [3.63, 3.8) is 0 Å². The van der Waals surface area contributed by atoms with Gasteiger partial charge in [0.1, 0.15) is 11.0 Å². The lowest BCUT2D eigenvalue weighted by Crippen LogP contribution is -2.29. The van der Waals surface area contributed by atoms with Crippen LogP contribution in [0.25, 0.3) is 0 Å². The maximum atomic E-state index is 12.5. The van der Waals surface area contributed by atoms with Crippen molar-refractivity contribution in [1.29, 1.82) is 0 Å². The van der Waals surface area contributed by atoms with Crippen molar-refractivity contribution in [2.24, 2.45) is 11.8 Å². The molecule has 1 saturated heterocycles. The molecule has 2 heterocycles. The molecule has 5 heteroatoms. The van der Waals surface area contributed by atoms with Gasteiger partial charge >= 0.3 is 0 Å². The molecule has 0 aliphatic carbocycles. The Morgan fingerprint density at radius 1 is 1.55 bits per heavy atom. The first-order chi connectivity index (χ1) is 9.51. The van der Waals surface area contributed by atoms with Crippen LogP contribution in [0.2, 0.25) is 5.15 Å². The lowest BCUT2D eigenvalue weighted by molar-refractivity contribution is 0.0784. The number of nitrogens with zero attached hydrogens (tertiary/aromatic N) is 2. The van der Waals surface area contributed by atoms with Gasteiger partial charge in [-0.05, 0) is 37.3 Å². The molecule has 110 valence electrons. The average molecular weight is 296 g/mol. The maximum absolute atomic E-state index is 12.5. The Balaban J connectivity index is 2.13. The van der Waals surface area contributed by atoms with E-state index in [0.717, 1.165) is 26.1 Å². The number of amides is 1. The number of aromatic nitrogens is 1. The molecular weight excluding hydrogens is 274 g/mol. The van der Waals surface area contributed by atoms with Gasteiger partial charge in [-0.2, -0.15) is 0 Å². The standard InChI is InChI=1S/C15H22ClN3O/c1-4-17-14-8-12(7-13(16)18-14)15(20)19-6-5-11(9-19)10(2)3/h7-8,10-11H,4-6,9H2,1-3H3,(H,17,18). The van der Waals surface area contributed by atoms with E-state index < -0.39 is 0 Å². The number of carbonyl (C=O) groups excluding carboxylic acids is 1. The molecule has 1 aromatic heterocycles. The van der Waals surface area contributed by atoms with Crippen molar-refractivity contribution in [3.8, 4) is 0 Å². The SMILES string of the molecule is CCNc1cc(C(=O)N2CCC(C(C)C)C2)cc(Cl)n1. The molecule has 0 bridgehead atoms. The molecule has 1 atom stereocenters. The van der Waals surface area contributed by atoms with Crippen LogP contribution in [-0.2, 0) is 0 Å². The number of pyridine rings is 1. The van der Waals surface area contributed by atoms with Gasteiger partial charge in [-0.15, -0.1) is 0 Å². The minimum absolute atomic E-state index is 0.0524. The fourth-order valence-electron chi connectivity index (χ4n) is 2.59. The average Bonchev–Trinajstić information content (AvgIpc) is 2.87. The van der Waals surface area contributed by atoms with E-state index in [0.29, 0.717) is 28.4 Å². The van der Waals surface area contributed by atoms with E-state index in [1.54, 1.807) is 12.1 Å². The molecule has 1 aliphatic heterocycles. The van der Waals surface area contributed by atoms with E-state index in [1.165, 1.54) is 0 Å². The Bertz CT molecular complexity index is 490. The van der Waals surface area contributed by atoms with E-state index >= 15 is 0 Å². The zero-order valence-electron chi connectivity index (χ0n) is 12.3. The van der Waals surface area contributed by atoms with Crippen LogP contribution in [-0.4, -0.2) is 35.4 Å². The number of halogens is 1. The highest BCUT2D eigenvalue weighted by Gasteiger charge is 2.28. The molecule has 0 radical (unpaired) electrons. The van der Waals surface area contributed by atoms with Crippen molar-refractivity contribution in [2.75, 3.05) is 25.0 Å². The van der Waals surface area contributed by atoms with E-state index in [1.807, 2.05) is 11.8 Å². The molecular formula is C15H22ClN3O. The zero-order valence-corrected chi connectivity index (χ0v) is 13.1. The molecule has 1 amide bonds. The quantitative estimate of drug-likeness (QED) is 0.867. The lowest BCUT2D eigenvalue weighted by Gasteiger charge is -2.18.